The highest BCUT2D eigenvalue weighted by Crippen LogP contribution is 2.22. The second kappa shape index (κ2) is 5.72. The van der Waals surface area contributed by atoms with Crippen LogP contribution in [0.4, 0.5) is 0 Å². The van der Waals surface area contributed by atoms with Crippen LogP contribution < -0.4 is 5.32 Å². The molecule has 0 unspecified atom stereocenters. The molecule has 21 heavy (non-hydrogen) atoms. The zero-order chi connectivity index (χ0) is 15.6. The van der Waals surface area contributed by atoms with Gasteiger partial charge in [-0.05, 0) is 23.5 Å². The first-order chi connectivity index (χ1) is 9.77. The van der Waals surface area contributed by atoms with E-state index in [4.69, 9.17) is 0 Å². The van der Waals surface area contributed by atoms with E-state index in [1.54, 1.807) is 10.9 Å². The number of rotatable bonds is 3. The van der Waals surface area contributed by atoms with Crippen LogP contribution in [0.25, 0.3) is 0 Å². The second-order valence-electron chi connectivity index (χ2n) is 6.43. The van der Waals surface area contributed by atoms with Gasteiger partial charge in [-0.1, -0.05) is 45.0 Å². The number of nitrogens with zero attached hydrogens (tertiary/aromatic N) is 2. The van der Waals surface area contributed by atoms with Crippen molar-refractivity contribution in [1.82, 2.24) is 15.1 Å². The molecule has 4 heteroatoms. The largest absolute Gasteiger partial charge is 0.348 e. The highest BCUT2D eigenvalue weighted by Gasteiger charge is 2.15. The summed E-state index contributed by atoms with van der Waals surface area (Å²) in [5.41, 5.74) is 3.87. The van der Waals surface area contributed by atoms with Gasteiger partial charge in [-0.25, -0.2) is 0 Å². The summed E-state index contributed by atoms with van der Waals surface area (Å²) in [4.78, 5) is 12.2. The summed E-state index contributed by atoms with van der Waals surface area (Å²) in [5.74, 6) is -0.0817. The molecule has 0 saturated heterocycles. The van der Waals surface area contributed by atoms with Gasteiger partial charge in [0.25, 0.3) is 5.91 Å². The molecule has 0 saturated carbocycles. The minimum absolute atomic E-state index is 0.0817. The third-order valence-corrected chi connectivity index (χ3v) is 3.50. The van der Waals surface area contributed by atoms with Gasteiger partial charge in [-0.3, -0.25) is 9.48 Å². The zero-order valence-electron chi connectivity index (χ0n) is 13.4. The van der Waals surface area contributed by atoms with E-state index in [-0.39, 0.29) is 11.3 Å². The molecule has 1 heterocycles. The molecule has 0 bridgehead atoms. The average Bonchev–Trinajstić information content (AvgIpc) is 2.74. The molecule has 0 aliphatic carbocycles. The fraction of sp³-hybridized carbons (Fsp3) is 0.412. The molecule has 1 amide bonds. The molecule has 0 fully saturated rings. The molecule has 1 aromatic heterocycles. The van der Waals surface area contributed by atoms with E-state index in [0.717, 1.165) is 11.3 Å². The lowest BCUT2D eigenvalue weighted by Gasteiger charge is -2.19. The van der Waals surface area contributed by atoms with Gasteiger partial charge in [-0.2, -0.15) is 5.10 Å². The van der Waals surface area contributed by atoms with Crippen molar-refractivity contribution in [2.24, 2.45) is 7.05 Å². The molecule has 0 atom stereocenters. The quantitative estimate of drug-likeness (QED) is 0.942. The van der Waals surface area contributed by atoms with Gasteiger partial charge < -0.3 is 5.32 Å². The van der Waals surface area contributed by atoms with Crippen LogP contribution >= 0.6 is 0 Å². The Bertz CT molecular complexity index is 650. The van der Waals surface area contributed by atoms with Gasteiger partial charge in [0.05, 0.1) is 11.3 Å². The number of nitrogens with one attached hydrogen (secondary N) is 1. The van der Waals surface area contributed by atoms with Crippen LogP contribution in [0, 0.1) is 6.92 Å². The van der Waals surface area contributed by atoms with Gasteiger partial charge in [-0.15, -0.1) is 0 Å². The number of carbonyl (C=O) groups is 1. The predicted molar refractivity (Wildman–Crippen MR) is 84.3 cm³/mol. The standard InChI is InChI=1S/C17H23N3O/c1-12-15(11-20(5)19-12)16(21)18-10-13-7-6-8-14(9-13)17(2,3)4/h6-9,11H,10H2,1-5H3,(H,18,21). The smallest absolute Gasteiger partial charge is 0.255 e. The summed E-state index contributed by atoms with van der Waals surface area (Å²) in [6.45, 7) is 8.92. The zero-order valence-corrected chi connectivity index (χ0v) is 13.4. The Morgan fingerprint density at radius 3 is 2.62 bits per heavy atom. The summed E-state index contributed by atoms with van der Waals surface area (Å²) in [6, 6.07) is 8.34. The van der Waals surface area contributed by atoms with Crippen molar-refractivity contribution in [3.63, 3.8) is 0 Å². The molecule has 4 nitrogen and oxygen atoms in total. The van der Waals surface area contributed by atoms with Crippen LogP contribution in [0.3, 0.4) is 0 Å². The Kier molecular flexibility index (Phi) is 4.16. The predicted octanol–water partition coefficient (Wildman–Crippen LogP) is 2.96. The Balaban J connectivity index is 2.07. The van der Waals surface area contributed by atoms with Crippen LogP contribution in [-0.4, -0.2) is 15.7 Å². The SMILES string of the molecule is Cc1nn(C)cc1C(=O)NCc1cccc(C(C)(C)C)c1. The summed E-state index contributed by atoms with van der Waals surface area (Å²) < 4.78 is 1.66. The lowest BCUT2D eigenvalue weighted by atomic mass is 9.86. The molecule has 0 radical (unpaired) electrons. The maximum absolute atomic E-state index is 12.2. The number of benzene rings is 1. The maximum atomic E-state index is 12.2. The highest BCUT2D eigenvalue weighted by atomic mass is 16.1. The first kappa shape index (κ1) is 15.3. The van der Waals surface area contributed by atoms with Crippen molar-refractivity contribution in [2.45, 2.75) is 39.7 Å². The van der Waals surface area contributed by atoms with Gasteiger partial charge in [0.15, 0.2) is 0 Å². The van der Waals surface area contributed by atoms with Gasteiger partial charge in [0.2, 0.25) is 0 Å². The first-order valence-electron chi connectivity index (χ1n) is 7.15. The van der Waals surface area contributed by atoms with E-state index in [9.17, 15) is 4.79 Å². The lowest BCUT2D eigenvalue weighted by molar-refractivity contribution is 0.0950. The summed E-state index contributed by atoms with van der Waals surface area (Å²) in [6.07, 6.45) is 1.75. The van der Waals surface area contributed by atoms with Crippen LogP contribution in [0.1, 0.15) is 48.0 Å². The average molecular weight is 285 g/mol. The van der Waals surface area contributed by atoms with E-state index < -0.39 is 0 Å². The minimum atomic E-state index is -0.0817. The van der Waals surface area contributed by atoms with Crippen molar-refractivity contribution in [3.8, 4) is 0 Å². The molecule has 2 aromatic rings. The molecule has 1 aromatic carbocycles. The molecule has 112 valence electrons. The summed E-state index contributed by atoms with van der Waals surface area (Å²) in [5, 5.41) is 7.15. The van der Waals surface area contributed by atoms with E-state index in [1.165, 1.54) is 5.56 Å². The molecular weight excluding hydrogens is 262 g/mol. The summed E-state index contributed by atoms with van der Waals surface area (Å²) in [7, 11) is 1.82. The molecule has 1 N–H and O–H groups in total. The van der Waals surface area contributed by atoms with Crippen molar-refractivity contribution in [2.75, 3.05) is 0 Å². The Morgan fingerprint density at radius 1 is 1.33 bits per heavy atom. The van der Waals surface area contributed by atoms with E-state index in [0.29, 0.717) is 12.1 Å². The van der Waals surface area contributed by atoms with Crippen LogP contribution in [0.5, 0.6) is 0 Å². The van der Waals surface area contributed by atoms with E-state index >= 15 is 0 Å². The van der Waals surface area contributed by atoms with Crippen LogP contribution in [0.15, 0.2) is 30.5 Å². The van der Waals surface area contributed by atoms with E-state index in [1.807, 2.05) is 26.1 Å². The Hall–Kier alpha value is -2.10. The maximum Gasteiger partial charge on any atom is 0.255 e. The molecular formula is C17H23N3O. The highest BCUT2D eigenvalue weighted by molar-refractivity contribution is 5.94. The monoisotopic (exact) mass is 285 g/mol. The molecule has 0 aliphatic rings. The van der Waals surface area contributed by atoms with Crippen molar-refractivity contribution in [1.29, 1.82) is 0 Å². The molecule has 0 aliphatic heterocycles. The number of carbonyl (C=O) groups excluding carboxylic acids is 1. The normalized spacial score (nSPS) is 11.5. The first-order valence-corrected chi connectivity index (χ1v) is 7.15. The fourth-order valence-corrected chi connectivity index (χ4v) is 2.25. The third kappa shape index (κ3) is 3.72. The summed E-state index contributed by atoms with van der Waals surface area (Å²) >= 11 is 0. The number of amides is 1. The van der Waals surface area contributed by atoms with Crippen molar-refractivity contribution >= 4 is 5.91 Å². The van der Waals surface area contributed by atoms with Gasteiger partial charge in [0.1, 0.15) is 0 Å². The topological polar surface area (TPSA) is 46.9 Å². The van der Waals surface area contributed by atoms with E-state index in [2.05, 4.69) is 43.3 Å². The Labute approximate surface area is 126 Å². The number of hydrogen-bond donors (Lipinski definition) is 1. The van der Waals surface area contributed by atoms with Crippen molar-refractivity contribution in [3.05, 3.63) is 52.8 Å². The van der Waals surface area contributed by atoms with Gasteiger partial charge in [0, 0.05) is 19.8 Å². The molecule has 0 spiro atoms. The second-order valence-corrected chi connectivity index (χ2v) is 6.43. The van der Waals surface area contributed by atoms with Crippen LogP contribution in [-0.2, 0) is 19.0 Å². The molecule has 2 rings (SSSR count). The number of hydrogen-bond acceptors (Lipinski definition) is 2. The Morgan fingerprint density at radius 2 is 2.05 bits per heavy atom. The van der Waals surface area contributed by atoms with Crippen molar-refractivity contribution < 1.29 is 4.79 Å². The number of aromatic nitrogens is 2. The third-order valence-electron chi connectivity index (χ3n) is 3.50. The minimum Gasteiger partial charge on any atom is -0.348 e. The fourth-order valence-electron chi connectivity index (χ4n) is 2.25. The van der Waals surface area contributed by atoms with Gasteiger partial charge >= 0.3 is 0 Å². The number of aryl methyl sites for hydroxylation is 2. The van der Waals surface area contributed by atoms with Crippen LogP contribution in [0.2, 0.25) is 0 Å². The lowest BCUT2D eigenvalue weighted by Crippen LogP contribution is -2.23.